The number of benzene rings is 4. The molecule has 1 amide bonds. The summed E-state index contributed by atoms with van der Waals surface area (Å²) < 4.78 is 26.5. The van der Waals surface area contributed by atoms with Crippen LogP contribution in [0.2, 0.25) is 0 Å². The third-order valence-corrected chi connectivity index (χ3v) is 6.22. The van der Waals surface area contributed by atoms with Crippen molar-refractivity contribution in [1.82, 2.24) is 9.78 Å². The molecule has 0 spiro atoms. The highest BCUT2D eigenvalue weighted by atomic mass is 19.1. The number of methoxy groups -OCH3 is 1. The maximum Gasteiger partial charge on any atom is 0.309 e. The van der Waals surface area contributed by atoms with Gasteiger partial charge in [-0.25, -0.2) is 4.39 Å². The fourth-order valence-corrected chi connectivity index (χ4v) is 4.28. The smallest absolute Gasteiger partial charge is 0.309 e. The molecule has 0 unspecified atom stereocenters. The molecule has 1 heterocycles. The Kier molecular flexibility index (Phi) is 7.41. The first-order chi connectivity index (χ1) is 19.3. The Morgan fingerprint density at radius 1 is 0.875 bits per heavy atom. The summed E-state index contributed by atoms with van der Waals surface area (Å²) >= 11 is 0. The van der Waals surface area contributed by atoms with Gasteiger partial charge in [-0.15, -0.1) is 0 Å². The van der Waals surface area contributed by atoms with E-state index >= 15 is 0 Å². The first-order valence-corrected chi connectivity index (χ1v) is 12.5. The van der Waals surface area contributed by atoms with Crippen molar-refractivity contribution >= 4 is 17.6 Å². The molecule has 1 aromatic heterocycles. The average molecular weight is 536 g/mol. The minimum atomic E-state index is -0.545. The lowest BCUT2D eigenvalue weighted by Gasteiger charge is -2.11. The minimum absolute atomic E-state index is 0.154. The number of nitrogens with one attached hydrogen (secondary N) is 1. The molecule has 200 valence electrons. The van der Waals surface area contributed by atoms with E-state index in [0.717, 1.165) is 11.1 Å². The second kappa shape index (κ2) is 11.2. The number of rotatable bonds is 7. The van der Waals surface area contributed by atoms with Crippen LogP contribution in [0.25, 0.3) is 28.1 Å². The number of amides is 1. The van der Waals surface area contributed by atoms with Crippen LogP contribution in [0.15, 0.2) is 97.1 Å². The third-order valence-electron chi connectivity index (χ3n) is 6.22. The number of aromatic nitrogens is 2. The van der Waals surface area contributed by atoms with Crippen LogP contribution < -0.4 is 14.8 Å². The van der Waals surface area contributed by atoms with Gasteiger partial charge in [0.2, 0.25) is 5.88 Å². The molecule has 4 aromatic carbocycles. The normalized spacial score (nSPS) is 10.7. The summed E-state index contributed by atoms with van der Waals surface area (Å²) in [6.45, 7) is 3.29. The molecular formula is C32H26FN3O4. The van der Waals surface area contributed by atoms with Crippen molar-refractivity contribution in [2.45, 2.75) is 13.8 Å². The van der Waals surface area contributed by atoms with Crippen LogP contribution in [0.1, 0.15) is 22.8 Å². The van der Waals surface area contributed by atoms with Gasteiger partial charge in [-0.05, 0) is 61.0 Å². The number of ether oxygens (including phenoxy) is 2. The van der Waals surface area contributed by atoms with Crippen molar-refractivity contribution in [3.8, 4) is 39.7 Å². The molecule has 40 heavy (non-hydrogen) atoms. The molecule has 0 saturated carbocycles. The van der Waals surface area contributed by atoms with Crippen LogP contribution >= 0.6 is 0 Å². The zero-order valence-electron chi connectivity index (χ0n) is 22.1. The summed E-state index contributed by atoms with van der Waals surface area (Å²) in [4.78, 5) is 25.0. The molecule has 0 bridgehead atoms. The highest BCUT2D eigenvalue weighted by Gasteiger charge is 2.25. The van der Waals surface area contributed by atoms with Crippen molar-refractivity contribution in [1.29, 1.82) is 0 Å². The van der Waals surface area contributed by atoms with Gasteiger partial charge in [-0.2, -0.15) is 9.78 Å². The minimum Gasteiger partial charge on any atom is -0.497 e. The highest BCUT2D eigenvalue weighted by Crippen LogP contribution is 2.41. The molecular weight excluding hydrogens is 509 g/mol. The number of esters is 1. The van der Waals surface area contributed by atoms with Gasteiger partial charge in [0.1, 0.15) is 17.3 Å². The lowest BCUT2D eigenvalue weighted by molar-refractivity contribution is -0.132. The summed E-state index contributed by atoms with van der Waals surface area (Å²) in [5, 5.41) is 7.65. The zero-order chi connectivity index (χ0) is 28.2. The monoisotopic (exact) mass is 535 g/mol. The second-order valence-electron chi connectivity index (χ2n) is 9.14. The Hall–Kier alpha value is -5.24. The van der Waals surface area contributed by atoms with Gasteiger partial charge in [0.25, 0.3) is 5.91 Å². The summed E-state index contributed by atoms with van der Waals surface area (Å²) in [7, 11) is 1.54. The number of aryl methyl sites for hydroxylation is 1. The van der Waals surface area contributed by atoms with Crippen LogP contribution in [0.4, 0.5) is 10.1 Å². The Balaban J connectivity index is 1.59. The average Bonchev–Trinajstić information content (AvgIpc) is 3.32. The van der Waals surface area contributed by atoms with Crippen molar-refractivity contribution in [2.24, 2.45) is 0 Å². The quantitative estimate of drug-likeness (QED) is 0.231. The predicted octanol–water partition coefficient (Wildman–Crippen LogP) is 6.84. The largest absolute Gasteiger partial charge is 0.497 e. The molecule has 5 aromatic rings. The van der Waals surface area contributed by atoms with Crippen LogP contribution in [-0.2, 0) is 4.79 Å². The fourth-order valence-electron chi connectivity index (χ4n) is 4.28. The molecule has 0 radical (unpaired) electrons. The van der Waals surface area contributed by atoms with E-state index in [9.17, 15) is 14.0 Å². The van der Waals surface area contributed by atoms with Gasteiger partial charge < -0.3 is 14.8 Å². The summed E-state index contributed by atoms with van der Waals surface area (Å²) in [5.74, 6) is -0.541. The van der Waals surface area contributed by atoms with Crippen molar-refractivity contribution in [2.75, 3.05) is 12.4 Å². The Morgan fingerprint density at radius 3 is 2.25 bits per heavy atom. The van der Waals surface area contributed by atoms with Crippen LogP contribution in [0.5, 0.6) is 11.6 Å². The van der Waals surface area contributed by atoms with Gasteiger partial charge >= 0.3 is 5.97 Å². The Morgan fingerprint density at radius 2 is 1.57 bits per heavy atom. The van der Waals surface area contributed by atoms with Gasteiger partial charge in [0.15, 0.2) is 0 Å². The molecule has 7 nitrogen and oxygen atoms in total. The molecule has 5 rings (SSSR count). The van der Waals surface area contributed by atoms with E-state index in [1.807, 2.05) is 31.2 Å². The van der Waals surface area contributed by atoms with E-state index < -0.39 is 11.8 Å². The van der Waals surface area contributed by atoms with Crippen LogP contribution in [0, 0.1) is 12.7 Å². The first kappa shape index (κ1) is 26.4. The molecule has 0 saturated heterocycles. The van der Waals surface area contributed by atoms with Crippen molar-refractivity contribution in [3.05, 3.63) is 114 Å². The SMILES string of the molecule is COc1cccc(C(=O)Nc2ccc(-c3c(-c4ccc(C)cc4)nn(-c4cccc(F)c4)c3OC(C)=O)cc2)c1. The number of carbonyl (C=O) groups excluding carboxylic acids is 2. The molecule has 1 N–H and O–H groups in total. The number of carbonyl (C=O) groups is 2. The maximum absolute atomic E-state index is 14.2. The van der Waals surface area contributed by atoms with Crippen molar-refractivity contribution < 1.29 is 23.5 Å². The Labute approximate surface area is 230 Å². The summed E-state index contributed by atoms with van der Waals surface area (Å²) in [6.07, 6.45) is 0. The van der Waals surface area contributed by atoms with Gasteiger partial charge in [-0.3, -0.25) is 9.59 Å². The number of hydrogen-bond donors (Lipinski definition) is 1. The molecule has 0 aliphatic rings. The van der Waals surface area contributed by atoms with E-state index in [1.54, 1.807) is 67.8 Å². The van der Waals surface area contributed by atoms with E-state index in [-0.39, 0.29) is 11.8 Å². The number of anilines is 1. The lowest BCUT2D eigenvalue weighted by Crippen LogP contribution is -2.11. The summed E-state index contributed by atoms with van der Waals surface area (Å²) in [6, 6.07) is 27.7. The third kappa shape index (κ3) is 5.61. The number of hydrogen-bond acceptors (Lipinski definition) is 5. The predicted molar refractivity (Wildman–Crippen MR) is 151 cm³/mol. The second-order valence-corrected chi connectivity index (χ2v) is 9.14. The van der Waals surface area contributed by atoms with Crippen molar-refractivity contribution in [3.63, 3.8) is 0 Å². The summed E-state index contributed by atoms with van der Waals surface area (Å²) in [5.41, 5.74) is 5.08. The van der Waals surface area contributed by atoms with E-state index in [1.165, 1.54) is 23.7 Å². The van der Waals surface area contributed by atoms with E-state index in [2.05, 4.69) is 5.32 Å². The van der Waals surface area contributed by atoms with Gasteiger partial charge in [0, 0.05) is 23.7 Å². The van der Waals surface area contributed by atoms with Gasteiger partial charge in [-0.1, -0.05) is 54.1 Å². The molecule has 0 aliphatic heterocycles. The fraction of sp³-hybridized carbons (Fsp3) is 0.0938. The first-order valence-electron chi connectivity index (χ1n) is 12.5. The van der Waals surface area contributed by atoms with E-state index in [4.69, 9.17) is 14.6 Å². The zero-order valence-corrected chi connectivity index (χ0v) is 22.1. The lowest BCUT2D eigenvalue weighted by atomic mass is 10.00. The Bertz CT molecular complexity index is 1690. The molecule has 8 heteroatoms. The molecule has 0 aliphatic carbocycles. The number of halogens is 1. The molecule has 0 atom stereocenters. The standard InChI is InChI=1S/C32H26FN3O4/c1-20-10-12-23(13-11-20)30-29(32(40-21(2)37)36(35-30)27-8-5-7-25(33)19-27)22-14-16-26(17-15-22)34-31(38)24-6-4-9-28(18-24)39-3/h4-19H,1-3H3,(H,34,38). The van der Waals surface area contributed by atoms with Crippen LogP contribution in [0.3, 0.4) is 0 Å². The van der Waals surface area contributed by atoms with Gasteiger partial charge in [0.05, 0.1) is 18.4 Å². The molecule has 0 fully saturated rings. The number of nitrogens with zero attached hydrogens (tertiary/aromatic N) is 2. The van der Waals surface area contributed by atoms with Crippen LogP contribution in [-0.4, -0.2) is 28.8 Å². The van der Waals surface area contributed by atoms with E-state index in [0.29, 0.717) is 39.5 Å². The topological polar surface area (TPSA) is 82.4 Å². The maximum atomic E-state index is 14.2. The highest BCUT2D eigenvalue weighted by molar-refractivity contribution is 6.04.